The molecule has 0 bridgehead atoms. The van der Waals surface area contributed by atoms with Crippen molar-refractivity contribution < 1.29 is 4.74 Å². The molecule has 0 saturated carbocycles. The lowest BCUT2D eigenvalue weighted by Gasteiger charge is -2.19. The van der Waals surface area contributed by atoms with Crippen molar-refractivity contribution in [3.63, 3.8) is 0 Å². The van der Waals surface area contributed by atoms with E-state index in [1.165, 1.54) is 5.56 Å². The molecular weight excluding hydrogens is 188 g/mol. The Bertz CT molecular complexity index is 282. The van der Waals surface area contributed by atoms with Crippen LogP contribution in [0.15, 0.2) is 24.3 Å². The molecule has 1 aromatic carbocycles. The van der Waals surface area contributed by atoms with E-state index in [2.05, 4.69) is 0 Å². The van der Waals surface area contributed by atoms with Crippen LogP contribution >= 0.6 is 0 Å². The van der Waals surface area contributed by atoms with Crippen molar-refractivity contribution in [2.24, 2.45) is 11.5 Å². The average molecular weight is 208 g/mol. The van der Waals surface area contributed by atoms with E-state index in [0.29, 0.717) is 13.2 Å². The maximum absolute atomic E-state index is 5.86. The van der Waals surface area contributed by atoms with E-state index in [-0.39, 0.29) is 12.0 Å². The molecule has 84 valence electrons. The van der Waals surface area contributed by atoms with Gasteiger partial charge in [0, 0.05) is 18.5 Å². The van der Waals surface area contributed by atoms with E-state index in [1.54, 1.807) is 0 Å². The molecule has 2 atom stereocenters. The molecule has 1 rings (SSSR count). The lowest BCUT2D eigenvalue weighted by atomic mass is 9.93. The van der Waals surface area contributed by atoms with Gasteiger partial charge in [-0.05, 0) is 31.5 Å². The molecule has 4 N–H and O–H groups in total. The maximum atomic E-state index is 5.86. The van der Waals surface area contributed by atoms with Gasteiger partial charge >= 0.3 is 0 Å². The first-order valence-corrected chi connectivity index (χ1v) is 5.37. The molecule has 3 heteroatoms. The second-order valence-electron chi connectivity index (χ2n) is 3.70. The van der Waals surface area contributed by atoms with Crippen LogP contribution in [0.5, 0.6) is 5.75 Å². The first-order chi connectivity index (χ1) is 7.19. The number of benzene rings is 1. The predicted octanol–water partition coefficient (Wildman–Crippen LogP) is 1.47. The van der Waals surface area contributed by atoms with Crippen LogP contribution in [-0.2, 0) is 0 Å². The Morgan fingerprint density at radius 2 is 1.87 bits per heavy atom. The van der Waals surface area contributed by atoms with Crippen LogP contribution in [0.25, 0.3) is 0 Å². The second-order valence-corrected chi connectivity index (χ2v) is 3.70. The van der Waals surface area contributed by atoms with Crippen molar-refractivity contribution in [1.82, 2.24) is 0 Å². The number of rotatable bonds is 5. The van der Waals surface area contributed by atoms with E-state index < -0.39 is 0 Å². The van der Waals surface area contributed by atoms with Crippen LogP contribution in [0.4, 0.5) is 0 Å². The zero-order valence-electron chi connectivity index (χ0n) is 9.44. The van der Waals surface area contributed by atoms with E-state index >= 15 is 0 Å². The zero-order chi connectivity index (χ0) is 11.3. The minimum Gasteiger partial charge on any atom is -0.494 e. The molecule has 15 heavy (non-hydrogen) atoms. The molecule has 0 aliphatic heterocycles. The standard InChI is InChI=1S/C12H20N2O/c1-3-15-11-6-4-10(5-7-11)12(8-13)9(2)14/h4-7,9,12H,3,8,13-14H2,1-2H3. The average Bonchev–Trinajstić information content (AvgIpc) is 2.21. The first kappa shape index (κ1) is 12.0. The Morgan fingerprint density at radius 3 is 2.27 bits per heavy atom. The second kappa shape index (κ2) is 5.73. The third-order valence-electron chi connectivity index (χ3n) is 2.51. The Labute approximate surface area is 91.4 Å². The van der Waals surface area contributed by atoms with Gasteiger partial charge < -0.3 is 16.2 Å². The summed E-state index contributed by atoms with van der Waals surface area (Å²) in [6.07, 6.45) is 0. The molecule has 0 aromatic heterocycles. The number of hydrogen-bond acceptors (Lipinski definition) is 3. The fourth-order valence-corrected chi connectivity index (χ4v) is 1.63. The number of ether oxygens (including phenoxy) is 1. The van der Waals surface area contributed by atoms with E-state index in [0.717, 1.165) is 5.75 Å². The van der Waals surface area contributed by atoms with Crippen LogP contribution in [0.2, 0.25) is 0 Å². The van der Waals surface area contributed by atoms with Crippen LogP contribution < -0.4 is 16.2 Å². The summed E-state index contributed by atoms with van der Waals surface area (Å²) in [5.41, 5.74) is 12.7. The lowest BCUT2D eigenvalue weighted by Crippen LogP contribution is -2.30. The summed E-state index contributed by atoms with van der Waals surface area (Å²) in [6.45, 7) is 5.21. The summed E-state index contributed by atoms with van der Waals surface area (Å²) in [5, 5.41) is 0. The molecule has 3 nitrogen and oxygen atoms in total. The first-order valence-electron chi connectivity index (χ1n) is 5.37. The quantitative estimate of drug-likeness (QED) is 0.770. The zero-order valence-corrected chi connectivity index (χ0v) is 9.44. The smallest absolute Gasteiger partial charge is 0.119 e. The molecule has 0 aliphatic rings. The summed E-state index contributed by atoms with van der Waals surface area (Å²) < 4.78 is 5.37. The Morgan fingerprint density at radius 1 is 1.27 bits per heavy atom. The third-order valence-corrected chi connectivity index (χ3v) is 2.51. The van der Waals surface area contributed by atoms with E-state index in [9.17, 15) is 0 Å². The summed E-state index contributed by atoms with van der Waals surface area (Å²) in [6, 6.07) is 8.07. The van der Waals surface area contributed by atoms with Crippen molar-refractivity contribution in [3.8, 4) is 5.75 Å². The fourth-order valence-electron chi connectivity index (χ4n) is 1.63. The van der Waals surface area contributed by atoms with E-state index in [1.807, 2.05) is 38.1 Å². The van der Waals surface area contributed by atoms with Crippen LogP contribution in [0.3, 0.4) is 0 Å². The Hall–Kier alpha value is -1.06. The highest BCUT2D eigenvalue weighted by atomic mass is 16.5. The maximum Gasteiger partial charge on any atom is 0.119 e. The van der Waals surface area contributed by atoms with Crippen LogP contribution in [-0.4, -0.2) is 19.2 Å². The molecule has 0 aliphatic carbocycles. The van der Waals surface area contributed by atoms with Gasteiger partial charge in [-0.1, -0.05) is 12.1 Å². The SMILES string of the molecule is CCOc1ccc(C(CN)C(C)N)cc1. The van der Waals surface area contributed by atoms with Crippen molar-refractivity contribution >= 4 is 0 Å². The monoisotopic (exact) mass is 208 g/mol. The lowest BCUT2D eigenvalue weighted by molar-refractivity contribution is 0.340. The molecule has 2 unspecified atom stereocenters. The highest BCUT2D eigenvalue weighted by Crippen LogP contribution is 2.20. The Kier molecular flexibility index (Phi) is 4.59. The minimum absolute atomic E-state index is 0.0768. The van der Waals surface area contributed by atoms with Crippen molar-refractivity contribution in [2.45, 2.75) is 25.8 Å². The molecule has 0 saturated heterocycles. The van der Waals surface area contributed by atoms with Gasteiger partial charge in [0.15, 0.2) is 0 Å². The summed E-state index contributed by atoms with van der Waals surface area (Å²) >= 11 is 0. The van der Waals surface area contributed by atoms with Gasteiger partial charge in [-0.3, -0.25) is 0 Å². The molecular formula is C12H20N2O. The summed E-state index contributed by atoms with van der Waals surface area (Å²) in [5.74, 6) is 1.11. The van der Waals surface area contributed by atoms with Gasteiger partial charge in [0.25, 0.3) is 0 Å². The molecule has 0 radical (unpaired) electrons. The van der Waals surface area contributed by atoms with E-state index in [4.69, 9.17) is 16.2 Å². The number of hydrogen-bond donors (Lipinski definition) is 2. The van der Waals surface area contributed by atoms with Crippen molar-refractivity contribution in [1.29, 1.82) is 0 Å². The molecule has 0 amide bonds. The summed E-state index contributed by atoms with van der Waals surface area (Å²) in [7, 11) is 0. The largest absolute Gasteiger partial charge is 0.494 e. The number of nitrogens with two attached hydrogens (primary N) is 2. The Balaban J connectivity index is 2.77. The van der Waals surface area contributed by atoms with Gasteiger partial charge in [-0.15, -0.1) is 0 Å². The minimum atomic E-state index is 0.0768. The van der Waals surface area contributed by atoms with Gasteiger partial charge in [-0.25, -0.2) is 0 Å². The van der Waals surface area contributed by atoms with Crippen molar-refractivity contribution in [3.05, 3.63) is 29.8 Å². The molecule has 0 fully saturated rings. The topological polar surface area (TPSA) is 61.3 Å². The van der Waals surface area contributed by atoms with Gasteiger partial charge in [-0.2, -0.15) is 0 Å². The van der Waals surface area contributed by atoms with Crippen molar-refractivity contribution in [2.75, 3.05) is 13.2 Å². The highest BCUT2D eigenvalue weighted by Gasteiger charge is 2.13. The fraction of sp³-hybridized carbons (Fsp3) is 0.500. The van der Waals surface area contributed by atoms with Gasteiger partial charge in [0.1, 0.15) is 5.75 Å². The summed E-state index contributed by atoms with van der Waals surface area (Å²) in [4.78, 5) is 0. The van der Waals surface area contributed by atoms with Gasteiger partial charge in [0.2, 0.25) is 0 Å². The normalized spacial score (nSPS) is 14.7. The van der Waals surface area contributed by atoms with Gasteiger partial charge in [0.05, 0.1) is 6.61 Å². The highest BCUT2D eigenvalue weighted by molar-refractivity contribution is 5.30. The van der Waals surface area contributed by atoms with Crippen LogP contribution in [0.1, 0.15) is 25.3 Å². The molecule has 0 spiro atoms. The molecule has 1 aromatic rings. The third kappa shape index (κ3) is 3.22. The molecule has 0 heterocycles. The van der Waals surface area contributed by atoms with Crippen LogP contribution in [0, 0.1) is 0 Å². The predicted molar refractivity (Wildman–Crippen MR) is 63.1 cm³/mol.